The van der Waals surface area contributed by atoms with Gasteiger partial charge in [-0.2, -0.15) is 4.98 Å². The summed E-state index contributed by atoms with van der Waals surface area (Å²) in [5, 5.41) is 7.22. The summed E-state index contributed by atoms with van der Waals surface area (Å²) in [6.07, 6.45) is 3.64. The van der Waals surface area contributed by atoms with Gasteiger partial charge in [0.25, 0.3) is 0 Å². The number of methoxy groups -OCH3 is 1. The number of hydrogen-bond acceptors (Lipinski definition) is 6. The van der Waals surface area contributed by atoms with Crippen molar-refractivity contribution in [3.8, 4) is 17.1 Å². The Hall–Kier alpha value is -2.71. The Morgan fingerprint density at radius 2 is 2.06 bits per heavy atom. The van der Waals surface area contributed by atoms with E-state index in [0.717, 1.165) is 48.0 Å². The summed E-state index contributed by atoms with van der Waals surface area (Å²) in [6, 6.07) is 15.8. The lowest BCUT2D eigenvalue weighted by Crippen LogP contribution is -2.43. The number of piperidine rings is 1. The molecule has 3 aromatic rings. The van der Waals surface area contributed by atoms with E-state index in [-0.39, 0.29) is 11.8 Å². The number of aromatic nitrogens is 2. The first-order valence-corrected chi connectivity index (χ1v) is 12.1. The van der Waals surface area contributed by atoms with Crippen molar-refractivity contribution in [3.63, 3.8) is 0 Å². The van der Waals surface area contributed by atoms with E-state index < -0.39 is 0 Å². The van der Waals surface area contributed by atoms with Crippen molar-refractivity contribution >= 4 is 21.8 Å². The lowest BCUT2D eigenvalue weighted by atomic mass is 9.97. The third-order valence-corrected chi connectivity index (χ3v) is 6.45. The van der Waals surface area contributed by atoms with Crippen molar-refractivity contribution in [3.05, 3.63) is 64.5 Å². The zero-order chi connectivity index (χ0) is 23.0. The molecule has 1 unspecified atom stereocenters. The second kappa shape index (κ2) is 11.4. The Balaban J connectivity index is 1.23. The van der Waals surface area contributed by atoms with E-state index in [4.69, 9.17) is 9.26 Å². The van der Waals surface area contributed by atoms with Crippen LogP contribution in [0.5, 0.6) is 5.75 Å². The molecule has 1 amide bonds. The molecule has 1 aliphatic heterocycles. The zero-order valence-electron chi connectivity index (χ0n) is 18.8. The Bertz CT molecular complexity index is 1050. The number of amides is 1. The smallest absolute Gasteiger partial charge is 0.241 e. The first-order chi connectivity index (χ1) is 16.1. The molecule has 1 atom stereocenters. The first kappa shape index (κ1) is 23.4. The number of rotatable bonds is 9. The molecule has 2 aromatic carbocycles. The van der Waals surface area contributed by atoms with Crippen LogP contribution in [0, 0.1) is 5.92 Å². The molecule has 0 saturated carbocycles. The van der Waals surface area contributed by atoms with Gasteiger partial charge in [-0.15, -0.1) is 0 Å². The van der Waals surface area contributed by atoms with Crippen LogP contribution in [0.15, 0.2) is 57.5 Å². The van der Waals surface area contributed by atoms with Crippen molar-refractivity contribution in [1.29, 1.82) is 0 Å². The fourth-order valence-corrected chi connectivity index (χ4v) is 4.45. The van der Waals surface area contributed by atoms with E-state index in [9.17, 15) is 4.79 Å². The summed E-state index contributed by atoms with van der Waals surface area (Å²) in [7, 11) is 1.69. The minimum Gasteiger partial charge on any atom is -0.496 e. The van der Waals surface area contributed by atoms with Gasteiger partial charge in [0, 0.05) is 23.1 Å². The number of carbonyl (C=O) groups is 1. The molecule has 0 radical (unpaired) electrons. The lowest BCUT2D eigenvalue weighted by molar-refractivity contribution is -0.126. The number of carbonyl (C=O) groups excluding carboxylic acids is 1. The van der Waals surface area contributed by atoms with Gasteiger partial charge in [-0.3, -0.25) is 9.69 Å². The largest absolute Gasteiger partial charge is 0.496 e. The second-order valence-corrected chi connectivity index (χ2v) is 9.21. The van der Waals surface area contributed by atoms with Crippen molar-refractivity contribution in [2.24, 2.45) is 5.92 Å². The highest BCUT2D eigenvalue weighted by atomic mass is 79.9. The van der Waals surface area contributed by atoms with Crippen LogP contribution in [0.2, 0.25) is 0 Å². The fourth-order valence-electron chi connectivity index (χ4n) is 4.18. The van der Waals surface area contributed by atoms with Crippen LogP contribution in [0.25, 0.3) is 11.4 Å². The molecule has 1 aliphatic rings. The first-order valence-electron chi connectivity index (χ1n) is 11.3. The minimum absolute atomic E-state index is 0.0149. The van der Waals surface area contributed by atoms with E-state index in [0.29, 0.717) is 31.3 Å². The standard InChI is InChI=1S/C25H29BrN4O3/c1-32-22-9-3-2-6-18(22)7-4-14-27-25(31)20-8-5-15-30(16-20)17-23-28-24(29-33-23)19-10-12-21(26)13-11-19/h2-3,6,9-13,20H,4-5,7-8,14-17H2,1H3,(H,27,31). The summed E-state index contributed by atoms with van der Waals surface area (Å²) in [4.78, 5) is 19.5. The average molecular weight is 513 g/mol. The van der Waals surface area contributed by atoms with Gasteiger partial charge in [-0.1, -0.05) is 39.3 Å². The van der Waals surface area contributed by atoms with E-state index >= 15 is 0 Å². The number of likely N-dealkylation sites (tertiary alicyclic amines) is 1. The average Bonchev–Trinajstić information content (AvgIpc) is 3.31. The molecule has 1 aromatic heterocycles. The van der Waals surface area contributed by atoms with Crippen LogP contribution in [-0.4, -0.2) is 47.7 Å². The summed E-state index contributed by atoms with van der Waals surface area (Å²) < 4.78 is 11.9. The number of aryl methyl sites for hydroxylation is 1. The lowest BCUT2D eigenvalue weighted by Gasteiger charge is -2.30. The van der Waals surface area contributed by atoms with E-state index in [1.165, 1.54) is 5.56 Å². The van der Waals surface area contributed by atoms with Crippen LogP contribution in [0.3, 0.4) is 0 Å². The number of para-hydroxylation sites is 1. The van der Waals surface area contributed by atoms with E-state index in [2.05, 4.69) is 42.4 Å². The molecule has 1 N–H and O–H groups in total. The van der Waals surface area contributed by atoms with E-state index in [1.54, 1.807) is 7.11 Å². The molecule has 4 rings (SSSR count). The fraction of sp³-hybridized carbons (Fsp3) is 0.400. The third-order valence-electron chi connectivity index (χ3n) is 5.92. The van der Waals surface area contributed by atoms with E-state index in [1.807, 2.05) is 42.5 Å². The number of benzene rings is 2. The van der Waals surface area contributed by atoms with Crippen molar-refractivity contribution in [1.82, 2.24) is 20.4 Å². The molecular weight excluding hydrogens is 484 g/mol. The molecule has 0 spiro atoms. The molecule has 1 fully saturated rings. The van der Waals surface area contributed by atoms with Gasteiger partial charge >= 0.3 is 0 Å². The maximum Gasteiger partial charge on any atom is 0.241 e. The number of nitrogens with zero attached hydrogens (tertiary/aromatic N) is 3. The van der Waals surface area contributed by atoms with Crippen LogP contribution in [0.4, 0.5) is 0 Å². The predicted molar refractivity (Wildman–Crippen MR) is 130 cm³/mol. The van der Waals surface area contributed by atoms with Gasteiger partial charge in [0.1, 0.15) is 5.75 Å². The molecule has 1 saturated heterocycles. The Kier molecular flexibility index (Phi) is 8.12. The molecule has 0 bridgehead atoms. The molecule has 2 heterocycles. The molecule has 7 nitrogen and oxygen atoms in total. The van der Waals surface area contributed by atoms with Crippen LogP contribution in [-0.2, 0) is 17.8 Å². The van der Waals surface area contributed by atoms with Gasteiger partial charge in [0.15, 0.2) is 0 Å². The predicted octanol–water partition coefficient (Wildman–Crippen LogP) is 4.47. The zero-order valence-corrected chi connectivity index (χ0v) is 20.4. The van der Waals surface area contributed by atoms with Gasteiger partial charge < -0.3 is 14.6 Å². The van der Waals surface area contributed by atoms with Crippen LogP contribution >= 0.6 is 15.9 Å². The monoisotopic (exact) mass is 512 g/mol. The van der Waals surface area contributed by atoms with Crippen molar-refractivity contribution in [2.45, 2.75) is 32.2 Å². The number of hydrogen-bond donors (Lipinski definition) is 1. The van der Waals surface area contributed by atoms with Crippen LogP contribution in [0.1, 0.15) is 30.7 Å². The van der Waals surface area contributed by atoms with Crippen molar-refractivity contribution in [2.75, 3.05) is 26.7 Å². The topological polar surface area (TPSA) is 80.5 Å². The molecular formula is C25H29BrN4O3. The summed E-state index contributed by atoms with van der Waals surface area (Å²) in [5.74, 6) is 2.17. The van der Waals surface area contributed by atoms with Gasteiger partial charge in [0.05, 0.1) is 19.6 Å². The highest BCUT2D eigenvalue weighted by molar-refractivity contribution is 9.10. The molecule has 8 heteroatoms. The molecule has 174 valence electrons. The quantitative estimate of drug-likeness (QED) is 0.426. The van der Waals surface area contributed by atoms with Crippen LogP contribution < -0.4 is 10.1 Å². The summed E-state index contributed by atoms with van der Waals surface area (Å²) in [6.45, 7) is 2.84. The maximum absolute atomic E-state index is 12.7. The summed E-state index contributed by atoms with van der Waals surface area (Å²) >= 11 is 3.43. The van der Waals surface area contributed by atoms with Crippen molar-refractivity contribution < 1.29 is 14.1 Å². The van der Waals surface area contributed by atoms with Gasteiger partial charge in [0.2, 0.25) is 17.6 Å². The number of nitrogens with one attached hydrogen (secondary N) is 1. The molecule has 33 heavy (non-hydrogen) atoms. The Morgan fingerprint density at radius 1 is 1.24 bits per heavy atom. The number of ether oxygens (including phenoxy) is 1. The molecule has 0 aliphatic carbocycles. The SMILES string of the molecule is COc1ccccc1CCCNC(=O)C1CCCN(Cc2nc(-c3ccc(Br)cc3)no2)C1. The normalized spacial score (nSPS) is 16.5. The third kappa shape index (κ3) is 6.42. The maximum atomic E-state index is 12.7. The summed E-state index contributed by atoms with van der Waals surface area (Å²) in [5.41, 5.74) is 2.08. The number of halogens is 1. The minimum atomic E-state index is -0.0149. The Labute approximate surface area is 202 Å². The highest BCUT2D eigenvalue weighted by Gasteiger charge is 2.26. The Morgan fingerprint density at radius 3 is 2.88 bits per heavy atom. The van der Waals surface area contributed by atoms with Gasteiger partial charge in [-0.25, -0.2) is 0 Å². The highest BCUT2D eigenvalue weighted by Crippen LogP contribution is 2.22. The second-order valence-electron chi connectivity index (χ2n) is 8.30. The van der Waals surface area contributed by atoms with Gasteiger partial charge in [-0.05, 0) is 68.1 Å².